The molecule has 0 saturated carbocycles. The molecule has 0 spiro atoms. The molecule has 2 aliphatic rings. The summed E-state index contributed by atoms with van der Waals surface area (Å²) in [5, 5.41) is 3.08. The first kappa shape index (κ1) is 15.6. The summed E-state index contributed by atoms with van der Waals surface area (Å²) in [6.07, 6.45) is 6.50. The first-order valence-electron chi connectivity index (χ1n) is 10.5. The summed E-state index contributed by atoms with van der Waals surface area (Å²) in [6.45, 7) is -2.46. The first-order valence-corrected chi connectivity index (χ1v) is 10.4. The Hall–Kier alpha value is -2.27. The van der Waals surface area contributed by atoms with Gasteiger partial charge in [0.05, 0.1) is 11.7 Å². The molecule has 0 saturated heterocycles. The molecule has 1 aliphatic heterocycles. The number of hydrogen-bond acceptors (Lipinski definition) is 5. The fourth-order valence-electron chi connectivity index (χ4n) is 3.75. The van der Waals surface area contributed by atoms with E-state index in [4.69, 9.17) is 15.7 Å². The fourth-order valence-corrected chi connectivity index (χ4v) is 4.81. The summed E-state index contributed by atoms with van der Waals surface area (Å²) < 4.78 is 23.2. The molecular formula is C21H20ClN3O2S. The number of hydrogen-bond donors (Lipinski definition) is 1. The second-order valence-electron chi connectivity index (χ2n) is 6.73. The normalized spacial score (nSPS) is 19.8. The van der Waals surface area contributed by atoms with Crippen LogP contribution in [0.2, 0.25) is 0 Å². The van der Waals surface area contributed by atoms with Crippen molar-refractivity contribution in [3.63, 3.8) is 0 Å². The van der Waals surface area contributed by atoms with Crippen LogP contribution in [-0.2, 0) is 16.0 Å². The Morgan fingerprint density at radius 3 is 3.18 bits per heavy atom. The van der Waals surface area contributed by atoms with Crippen molar-refractivity contribution in [2.24, 2.45) is 0 Å². The van der Waals surface area contributed by atoms with Gasteiger partial charge in [0.1, 0.15) is 0 Å². The maximum Gasteiger partial charge on any atom is 0.221 e. The van der Waals surface area contributed by atoms with Crippen molar-refractivity contribution in [1.82, 2.24) is 10.3 Å². The molecule has 1 atom stereocenters. The van der Waals surface area contributed by atoms with Crippen molar-refractivity contribution >= 4 is 40.9 Å². The van der Waals surface area contributed by atoms with Crippen LogP contribution < -0.4 is 10.2 Å². The SMILES string of the molecule is [2H]C([2H])([2H])N1C(=C=O)Sc2cc(-c3cncc4c3CCC[C@H]4NC(=O)CCCl)ccc21. The average Bonchev–Trinajstić information content (AvgIpc) is 3.12. The third kappa shape index (κ3) is 3.44. The Balaban J connectivity index is 1.71. The molecule has 2 heterocycles. The van der Waals surface area contributed by atoms with Gasteiger partial charge in [-0.2, -0.15) is 0 Å². The lowest BCUT2D eigenvalue weighted by Crippen LogP contribution is -2.31. The van der Waals surface area contributed by atoms with E-state index in [9.17, 15) is 9.59 Å². The molecule has 144 valence electrons. The lowest BCUT2D eigenvalue weighted by molar-refractivity contribution is -0.121. The van der Waals surface area contributed by atoms with Crippen LogP contribution in [0.3, 0.4) is 0 Å². The number of nitrogens with one attached hydrogen (secondary N) is 1. The maximum atomic E-state index is 12.1. The van der Waals surface area contributed by atoms with Gasteiger partial charge in [0.25, 0.3) is 0 Å². The van der Waals surface area contributed by atoms with Crippen molar-refractivity contribution in [3.05, 3.63) is 46.7 Å². The van der Waals surface area contributed by atoms with Crippen molar-refractivity contribution in [2.45, 2.75) is 36.6 Å². The molecule has 1 amide bonds. The number of fused-ring (bicyclic) bond motifs is 2. The van der Waals surface area contributed by atoms with Crippen LogP contribution in [0.5, 0.6) is 0 Å². The van der Waals surface area contributed by atoms with Gasteiger partial charge in [-0.05, 0) is 48.1 Å². The number of alkyl halides is 1. The highest BCUT2D eigenvalue weighted by molar-refractivity contribution is 8.04. The van der Waals surface area contributed by atoms with E-state index in [-0.39, 0.29) is 29.3 Å². The van der Waals surface area contributed by atoms with Crippen LogP contribution in [0.25, 0.3) is 11.1 Å². The van der Waals surface area contributed by atoms with Crippen LogP contribution >= 0.6 is 23.4 Å². The highest BCUT2D eigenvalue weighted by Crippen LogP contribution is 2.46. The van der Waals surface area contributed by atoms with Gasteiger partial charge in [-0.1, -0.05) is 17.8 Å². The number of carbonyl (C=O) groups is 1. The lowest BCUT2D eigenvalue weighted by atomic mass is 9.84. The number of nitrogens with zero attached hydrogens (tertiary/aromatic N) is 2. The molecule has 1 N–H and O–H groups in total. The van der Waals surface area contributed by atoms with E-state index in [1.807, 2.05) is 12.1 Å². The number of halogens is 1. The molecule has 0 radical (unpaired) electrons. The third-order valence-corrected chi connectivity index (χ3v) is 6.25. The van der Waals surface area contributed by atoms with Gasteiger partial charge < -0.3 is 10.2 Å². The van der Waals surface area contributed by atoms with E-state index >= 15 is 0 Å². The topological polar surface area (TPSA) is 62.3 Å². The molecule has 28 heavy (non-hydrogen) atoms. The number of rotatable bonds is 4. The van der Waals surface area contributed by atoms with E-state index in [0.717, 1.165) is 58.2 Å². The maximum absolute atomic E-state index is 12.1. The fraction of sp³-hybridized carbons (Fsp3) is 0.333. The molecule has 0 bridgehead atoms. The van der Waals surface area contributed by atoms with Gasteiger partial charge in [-0.25, -0.2) is 4.79 Å². The van der Waals surface area contributed by atoms with Crippen molar-refractivity contribution in [2.75, 3.05) is 17.8 Å². The minimum atomic E-state index is -2.46. The van der Waals surface area contributed by atoms with Crippen LogP contribution in [0.15, 0.2) is 40.5 Å². The minimum absolute atomic E-state index is 0.0300. The molecule has 5 nitrogen and oxygen atoms in total. The van der Waals surface area contributed by atoms with Crippen molar-refractivity contribution in [3.8, 4) is 11.1 Å². The minimum Gasteiger partial charge on any atom is -0.349 e. The molecule has 4 rings (SSSR count). The molecule has 7 heteroatoms. The van der Waals surface area contributed by atoms with Crippen molar-refractivity contribution in [1.29, 1.82) is 0 Å². The molecule has 0 unspecified atom stereocenters. The largest absolute Gasteiger partial charge is 0.349 e. The van der Waals surface area contributed by atoms with Crippen LogP contribution in [-0.4, -0.2) is 29.7 Å². The molecule has 1 aromatic carbocycles. The molecular weight excluding hydrogens is 394 g/mol. The van der Waals surface area contributed by atoms with Gasteiger partial charge >= 0.3 is 0 Å². The van der Waals surface area contributed by atoms with Gasteiger partial charge in [-0.15, -0.1) is 11.6 Å². The predicted octanol–water partition coefficient (Wildman–Crippen LogP) is 4.09. The smallest absolute Gasteiger partial charge is 0.221 e. The molecule has 1 aromatic heterocycles. The lowest BCUT2D eigenvalue weighted by Gasteiger charge is -2.28. The van der Waals surface area contributed by atoms with E-state index in [0.29, 0.717) is 10.6 Å². The summed E-state index contributed by atoms with van der Waals surface area (Å²) in [7, 11) is 0. The number of amides is 1. The number of benzene rings is 1. The van der Waals surface area contributed by atoms with Crippen LogP contribution in [0.4, 0.5) is 5.69 Å². The monoisotopic (exact) mass is 416 g/mol. The first-order chi connectivity index (χ1) is 14.8. The second kappa shape index (κ2) is 8.00. The molecule has 2 aromatic rings. The standard InChI is InChI=1S/C21H20ClN3O2S/c1-25-18-6-5-13(9-19(18)28-21(25)12-26)15-10-23-11-16-14(15)3-2-4-17(16)24-20(27)7-8-22/h5-6,9-11,17H,2-4,7-8H2,1H3,(H,24,27)/t17-/m1/s1/i1D3. The van der Waals surface area contributed by atoms with Gasteiger partial charge in [0.2, 0.25) is 5.91 Å². The second-order valence-corrected chi connectivity index (χ2v) is 8.14. The average molecular weight is 417 g/mol. The number of pyridine rings is 1. The Kier molecular flexibility index (Phi) is 4.46. The number of aromatic nitrogens is 1. The Bertz CT molecular complexity index is 1090. The molecule has 1 aliphatic carbocycles. The van der Waals surface area contributed by atoms with E-state index in [1.54, 1.807) is 24.4 Å². The quantitative estimate of drug-likeness (QED) is 0.600. The zero-order chi connectivity index (χ0) is 22.2. The highest BCUT2D eigenvalue weighted by atomic mass is 35.5. The Morgan fingerprint density at radius 1 is 1.50 bits per heavy atom. The van der Waals surface area contributed by atoms with Crippen LogP contribution in [0.1, 0.15) is 40.5 Å². The summed E-state index contributed by atoms with van der Waals surface area (Å²) >= 11 is 6.79. The highest BCUT2D eigenvalue weighted by Gasteiger charge is 2.27. The van der Waals surface area contributed by atoms with Gasteiger partial charge in [0.15, 0.2) is 11.0 Å². The number of thioether (sulfide) groups is 1. The molecule has 0 fully saturated rings. The Morgan fingerprint density at radius 2 is 2.39 bits per heavy atom. The summed E-state index contributed by atoms with van der Waals surface area (Å²) in [4.78, 5) is 29.5. The predicted molar refractivity (Wildman–Crippen MR) is 112 cm³/mol. The van der Waals surface area contributed by atoms with E-state index < -0.39 is 6.98 Å². The number of carbonyl (C=O) groups excluding carboxylic acids is 2. The zero-order valence-corrected chi connectivity index (χ0v) is 16.6. The van der Waals surface area contributed by atoms with Crippen LogP contribution in [0, 0.1) is 0 Å². The van der Waals surface area contributed by atoms with E-state index in [1.165, 1.54) is 0 Å². The summed E-state index contributed by atoms with van der Waals surface area (Å²) in [5.74, 6) is 1.94. The van der Waals surface area contributed by atoms with Gasteiger partial charge in [0, 0.05) is 46.2 Å². The summed E-state index contributed by atoms with van der Waals surface area (Å²) in [5.41, 5.74) is 4.43. The Labute approximate surface area is 177 Å². The van der Waals surface area contributed by atoms with Crippen molar-refractivity contribution < 1.29 is 13.7 Å². The van der Waals surface area contributed by atoms with Gasteiger partial charge in [-0.3, -0.25) is 9.78 Å². The van der Waals surface area contributed by atoms with E-state index in [2.05, 4.69) is 10.3 Å². The number of anilines is 1. The zero-order valence-electron chi connectivity index (χ0n) is 18.0. The third-order valence-electron chi connectivity index (χ3n) is 5.05. The summed E-state index contributed by atoms with van der Waals surface area (Å²) in [6, 6.07) is 5.34.